The van der Waals surface area contributed by atoms with E-state index in [2.05, 4.69) is 4.98 Å². The van der Waals surface area contributed by atoms with Crippen LogP contribution in [0, 0.1) is 6.92 Å². The predicted molar refractivity (Wildman–Crippen MR) is 59.3 cm³/mol. The molecule has 0 aliphatic carbocycles. The molecule has 0 aliphatic heterocycles. The predicted octanol–water partition coefficient (Wildman–Crippen LogP) is 1.77. The lowest BCUT2D eigenvalue weighted by molar-refractivity contribution is 0.414. The smallest absolute Gasteiger partial charge is 0.142 e. The zero-order chi connectivity index (χ0) is 10.8. The van der Waals surface area contributed by atoms with Crippen molar-refractivity contribution < 1.29 is 4.74 Å². The van der Waals surface area contributed by atoms with Crippen LogP contribution in [0.15, 0.2) is 30.5 Å². The number of ether oxygens (including phenoxy) is 1. The maximum atomic E-state index is 5.62. The average molecular weight is 203 g/mol. The van der Waals surface area contributed by atoms with E-state index in [1.807, 2.05) is 35.8 Å². The normalized spacial score (nSPS) is 10.3. The molecule has 0 aliphatic rings. The standard InChI is InChI=1S/C11H13N3O/c1-8-13-11(12)7-14(8)9-3-5-10(15-2)6-4-9/h3-7H,12H2,1-2H3. The van der Waals surface area contributed by atoms with Gasteiger partial charge in [0.05, 0.1) is 13.3 Å². The van der Waals surface area contributed by atoms with Gasteiger partial charge in [0.2, 0.25) is 0 Å². The van der Waals surface area contributed by atoms with Crippen LogP contribution in [0.4, 0.5) is 5.82 Å². The zero-order valence-electron chi connectivity index (χ0n) is 8.77. The monoisotopic (exact) mass is 203 g/mol. The van der Waals surface area contributed by atoms with Gasteiger partial charge in [0.1, 0.15) is 17.4 Å². The van der Waals surface area contributed by atoms with Crippen molar-refractivity contribution in [2.45, 2.75) is 6.92 Å². The summed E-state index contributed by atoms with van der Waals surface area (Å²) in [5, 5.41) is 0. The maximum absolute atomic E-state index is 5.62. The fraction of sp³-hybridized carbons (Fsp3) is 0.182. The van der Waals surface area contributed by atoms with Gasteiger partial charge in [-0.2, -0.15) is 0 Å². The second-order valence-electron chi connectivity index (χ2n) is 3.28. The van der Waals surface area contributed by atoms with Gasteiger partial charge in [0.15, 0.2) is 0 Å². The largest absolute Gasteiger partial charge is 0.497 e. The second-order valence-corrected chi connectivity index (χ2v) is 3.28. The van der Waals surface area contributed by atoms with Crippen molar-refractivity contribution in [2.75, 3.05) is 12.8 Å². The van der Waals surface area contributed by atoms with Gasteiger partial charge in [-0.05, 0) is 31.2 Å². The molecule has 1 heterocycles. The third-order valence-electron chi connectivity index (χ3n) is 2.25. The Morgan fingerprint density at radius 2 is 1.93 bits per heavy atom. The Kier molecular flexibility index (Phi) is 2.33. The molecule has 15 heavy (non-hydrogen) atoms. The zero-order valence-corrected chi connectivity index (χ0v) is 8.77. The number of nitrogen functional groups attached to an aromatic ring is 1. The van der Waals surface area contributed by atoms with Crippen LogP contribution >= 0.6 is 0 Å². The molecule has 0 atom stereocenters. The van der Waals surface area contributed by atoms with Gasteiger partial charge in [-0.3, -0.25) is 0 Å². The Morgan fingerprint density at radius 3 is 2.40 bits per heavy atom. The fourth-order valence-corrected chi connectivity index (χ4v) is 1.50. The number of nitrogens with two attached hydrogens (primary N) is 1. The number of rotatable bonds is 2. The highest BCUT2D eigenvalue weighted by Gasteiger charge is 2.03. The number of imidazole rings is 1. The second kappa shape index (κ2) is 3.65. The van der Waals surface area contributed by atoms with Gasteiger partial charge in [0, 0.05) is 5.69 Å². The fourth-order valence-electron chi connectivity index (χ4n) is 1.50. The number of aromatic nitrogens is 2. The van der Waals surface area contributed by atoms with E-state index in [1.54, 1.807) is 13.3 Å². The summed E-state index contributed by atoms with van der Waals surface area (Å²) in [6.07, 6.45) is 1.80. The molecular weight excluding hydrogens is 190 g/mol. The lowest BCUT2D eigenvalue weighted by Gasteiger charge is -2.05. The molecular formula is C11H13N3O. The summed E-state index contributed by atoms with van der Waals surface area (Å²) in [5.74, 6) is 2.24. The molecule has 1 aromatic heterocycles. The number of hydrogen-bond acceptors (Lipinski definition) is 3. The SMILES string of the molecule is COc1ccc(-n2cc(N)nc2C)cc1. The highest BCUT2D eigenvalue weighted by molar-refractivity contribution is 5.41. The van der Waals surface area contributed by atoms with Crippen LogP contribution < -0.4 is 10.5 Å². The number of benzene rings is 1. The average Bonchev–Trinajstić information content (AvgIpc) is 2.58. The Labute approximate surface area is 88.3 Å². The minimum absolute atomic E-state index is 0.531. The van der Waals surface area contributed by atoms with E-state index in [4.69, 9.17) is 10.5 Å². The Hall–Kier alpha value is -1.97. The number of nitrogens with zero attached hydrogens (tertiary/aromatic N) is 2. The van der Waals surface area contributed by atoms with Crippen LogP contribution in [0.5, 0.6) is 5.75 Å². The van der Waals surface area contributed by atoms with Crippen LogP contribution in [0.1, 0.15) is 5.82 Å². The number of hydrogen-bond donors (Lipinski definition) is 1. The molecule has 1 aromatic carbocycles. The molecule has 78 valence electrons. The van der Waals surface area contributed by atoms with Gasteiger partial charge < -0.3 is 15.0 Å². The van der Waals surface area contributed by atoms with Gasteiger partial charge >= 0.3 is 0 Å². The molecule has 0 bridgehead atoms. The molecule has 0 spiro atoms. The summed E-state index contributed by atoms with van der Waals surface area (Å²) in [5.41, 5.74) is 6.64. The molecule has 2 aromatic rings. The van der Waals surface area contributed by atoms with Crippen LogP contribution in [0.2, 0.25) is 0 Å². The summed E-state index contributed by atoms with van der Waals surface area (Å²) in [6, 6.07) is 7.75. The van der Waals surface area contributed by atoms with Crippen molar-refractivity contribution >= 4 is 5.82 Å². The van der Waals surface area contributed by atoms with Gasteiger partial charge in [-0.25, -0.2) is 4.98 Å². The maximum Gasteiger partial charge on any atom is 0.142 e. The Morgan fingerprint density at radius 1 is 1.27 bits per heavy atom. The van der Waals surface area contributed by atoms with E-state index < -0.39 is 0 Å². The molecule has 0 radical (unpaired) electrons. The van der Waals surface area contributed by atoms with Crippen LogP contribution in [0.25, 0.3) is 5.69 Å². The molecule has 0 saturated carbocycles. The minimum atomic E-state index is 0.531. The topological polar surface area (TPSA) is 53.1 Å². The van der Waals surface area contributed by atoms with Crippen molar-refractivity contribution in [2.24, 2.45) is 0 Å². The van der Waals surface area contributed by atoms with Crippen molar-refractivity contribution in [1.82, 2.24) is 9.55 Å². The first-order valence-electron chi connectivity index (χ1n) is 4.66. The van der Waals surface area contributed by atoms with Gasteiger partial charge in [0.25, 0.3) is 0 Å². The quantitative estimate of drug-likeness (QED) is 0.809. The van der Waals surface area contributed by atoms with Crippen LogP contribution in [0.3, 0.4) is 0 Å². The van der Waals surface area contributed by atoms with Crippen molar-refractivity contribution in [3.8, 4) is 11.4 Å². The number of aryl methyl sites for hydroxylation is 1. The van der Waals surface area contributed by atoms with E-state index in [0.29, 0.717) is 5.82 Å². The summed E-state index contributed by atoms with van der Waals surface area (Å²) in [6.45, 7) is 1.92. The minimum Gasteiger partial charge on any atom is -0.497 e. The van der Waals surface area contributed by atoms with E-state index in [9.17, 15) is 0 Å². The molecule has 0 saturated heterocycles. The summed E-state index contributed by atoms with van der Waals surface area (Å²) < 4.78 is 7.03. The number of anilines is 1. The van der Waals surface area contributed by atoms with E-state index in [0.717, 1.165) is 17.3 Å². The molecule has 4 heteroatoms. The molecule has 2 rings (SSSR count). The molecule has 0 fully saturated rings. The first kappa shape index (κ1) is 9.58. The number of methoxy groups -OCH3 is 1. The first-order valence-corrected chi connectivity index (χ1v) is 4.66. The summed E-state index contributed by atoms with van der Waals surface area (Å²) in [4.78, 5) is 4.14. The Bertz CT molecular complexity index is 459. The first-order chi connectivity index (χ1) is 7.20. The third kappa shape index (κ3) is 1.79. The van der Waals surface area contributed by atoms with E-state index >= 15 is 0 Å². The Balaban J connectivity index is 2.41. The van der Waals surface area contributed by atoms with Gasteiger partial charge in [-0.15, -0.1) is 0 Å². The summed E-state index contributed by atoms with van der Waals surface area (Å²) >= 11 is 0. The third-order valence-corrected chi connectivity index (χ3v) is 2.25. The van der Waals surface area contributed by atoms with Crippen molar-refractivity contribution in [3.63, 3.8) is 0 Å². The molecule has 4 nitrogen and oxygen atoms in total. The summed E-state index contributed by atoms with van der Waals surface area (Å²) in [7, 11) is 1.65. The van der Waals surface area contributed by atoms with Crippen molar-refractivity contribution in [1.29, 1.82) is 0 Å². The van der Waals surface area contributed by atoms with Crippen molar-refractivity contribution in [3.05, 3.63) is 36.3 Å². The van der Waals surface area contributed by atoms with E-state index in [1.165, 1.54) is 0 Å². The lowest BCUT2D eigenvalue weighted by atomic mass is 10.3. The molecule has 2 N–H and O–H groups in total. The molecule has 0 amide bonds. The molecule has 0 unspecified atom stereocenters. The lowest BCUT2D eigenvalue weighted by Crippen LogP contribution is -1.95. The highest BCUT2D eigenvalue weighted by Crippen LogP contribution is 2.17. The van der Waals surface area contributed by atoms with E-state index in [-0.39, 0.29) is 0 Å². The van der Waals surface area contributed by atoms with Crippen LogP contribution in [-0.2, 0) is 0 Å². The highest BCUT2D eigenvalue weighted by atomic mass is 16.5. The van der Waals surface area contributed by atoms with Gasteiger partial charge in [-0.1, -0.05) is 0 Å². The van der Waals surface area contributed by atoms with Crippen LogP contribution in [-0.4, -0.2) is 16.7 Å².